The number of nitrogens with zero attached hydrogens (tertiary/aromatic N) is 5. The lowest BCUT2D eigenvalue weighted by Crippen LogP contribution is -2.08. The predicted octanol–water partition coefficient (Wildman–Crippen LogP) is 5.93. The Morgan fingerprint density at radius 3 is 2.42 bits per heavy atom. The summed E-state index contributed by atoms with van der Waals surface area (Å²) in [7, 11) is 0. The van der Waals surface area contributed by atoms with E-state index in [-0.39, 0.29) is 5.92 Å². The van der Waals surface area contributed by atoms with Gasteiger partial charge in [0.05, 0.1) is 17.3 Å². The number of tetrazole rings is 1. The molecular formula is C30H35N7O. The van der Waals surface area contributed by atoms with E-state index in [4.69, 9.17) is 0 Å². The number of hydrogen-bond acceptors (Lipinski definition) is 6. The lowest BCUT2D eigenvalue weighted by molar-refractivity contribution is 0.123. The van der Waals surface area contributed by atoms with Crippen molar-refractivity contribution in [3.05, 3.63) is 76.7 Å². The molecule has 2 aromatic carbocycles. The molecule has 1 atom stereocenters. The van der Waals surface area contributed by atoms with E-state index < -0.39 is 6.10 Å². The van der Waals surface area contributed by atoms with Gasteiger partial charge in [0.2, 0.25) is 5.82 Å². The highest BCUT2D eigenvalue weighted by molar-refractivity contribution is 5.80. The second kappa shape index (κ2) is 11.2. The van der Waals surface area contributed by atoms with Gasteiger partial charge in [-0.15, -0.1) is 10.2 Å². The first-order valence-electron chi connectivity index (χ1n) is 13.4. The van der Waals surface area contributed by atoms with Crippen LogP contribution in [0.15, 0.2) is 48.5 Å². The number of aromatic nitrogens is 7. The summed E-state index contributed by atoms with van der Waals surface area (Å²) < 4.78 is 0. The fourth-order valence-electron chi connectivity index (χ4n) is 4.98. The summed E-state index contributed by atoms with van der Waals surface area (Å²) in [5.41, 5.74) is 9.86. The van der Waals surface area contributed by atoms with Crippen LogP contribution in [0.1, 0.15) is 67.9 Å². The normalized spacial score (nSPS) is 13.7. The lowest BCUT2D eigenvalue weighted by Gasteiger charge is -2.17. The van der Waals surface area contributed by atoms with Crippen LogP contribution in [0.25, 0.3) is 33.7 Å². The Balaban J connectivity index is 0.000000159. The van der Waals surface area contributed by atoms with Crippen molar-refractivity contribution in [1.29, 1.82) is 0 Å². The maximum absolute atomic E-state index is 10.0. The highest BCUT2D eigenvalue weighted by atomic mass is 16.3. The van der Waals surface area contributed by atoms with Crippen LogP contribution < -0.4 is 0 Å². The zero-order valence-corrected chi connectivity index (χ0v) is 22.5. The molecule has 0 saturated heterocycles. The zero-order chi connectivity index (χ0) is 26.6. The van der Waals surface area contributed by atoms with Gasteiger partial charge in [-0.2, -0.15) is 5.21 Å². The number of benzene rings is 2. The van der Waals surface area contributed by atoms with Crippen LogP contribution in [0.2, 0.25) is 0 Å². The van der Waals surface area contributed by atoms with Crippen molar-refractivity contribution < 1.29 is 5.11 Å². The number of nitrogens with one attached hydrogen (secondary N) is 2. The van der Waals surface area contributed by atoms with E-state index in [1.165, 1.54) is 42.4 Å². The molecule has 0 spiro atoms. The quantitative estimate of drug-likeness (QED) is 0.270. The molecule has 6 rings (SSSR count). The van der Waals surface area contributed by atoms with E-state index in [1.807, 2.05) is 39.0 Å². The van der Waals surface area contributed by atoms with Gasteiger partial charge in [0, 0.05) is 12.0 Å². The number of rotatable bonds is 5. The molecule has 3 N–H and O–H groups in total. The summed E-state index contributed by atoms with van der Waals surface area (Å²) in [5.74, 6) is 1.74. The molecule has 0 bridgehead atoms. The summed E-state index contributed by atoms with van der Waals surface area (Å²) in [6.07, 6.45) is 5.34. The van der Waals surface area contributed by atoms with E-state index in [0.717, 1.165) is 34.5 Å². The smallest absolute Gasteiger partial charge is 0.205 e. The van der Waals surface area contributed by atoms with Crippen LogP contribution in [-0.2, 0) is 19.3 Å². The first-order valence-corrected chi connectivity index (χ1v) is 13.4. The Hall–Kier alpha value is -3.91. The van der Waals surface area contributed by atoms with Gasteiger partial charge in [0.15, 0.2) is 5.65 Å². The summed E-state index contributed by atoms with van der Waals surface area (Å²) in [6.45, 7) is 8.02. The number of aromatic amines is 2. The van der Waals surface area contributed by atoms with Gasteiger partial charge in [-0.25, -0.2) is 9.97 Å². The molecule has 0 radical (unpaired) electrons. The zero-order valence-electron chi connectivity index (χ0n) is 22.5. The molecule has 0 amide bonds. The highest BCUT2D eigenvalue weighted by Crippen LogP contribution is 2.32. The lowest BCUT2D eigenvalue weighted by atomic mass is 9.88. The molecule has 0 fully saturated rings. The van der Waals surface area contributed by atoms with Crippen molar-refractivity contribution >= 4 is 11.2 Å². The van der Waals surface area contributed by atoms with Crippen LogP contribution >= 0.6 is 0 Å². The van der Waals surface area contributed by atoms with E-state index in [0.29, 0.717) is 17.2 Å². The number of H-pyrrole nitrogens is 2. The fraction of sp³-hybridized carbons (Fsp3) is 0.367. The molecule has 0 aliphatic heterocycles. The molecular weight excluding hydrogens is 474 g/mol. The third-order valence-electron chi connectivity index (χ3n) is 7.17. The third-order valence-corrected chi connectivity index (χ3v) is 7.17. The Kier molecular flexibility index (Phi) is 7.60. The Morgan fingerprint density at radius 2 is 1.71 bits per heavy atom. The van der Waals surface area contributed by atoms with Gasteiger partial charge >= 0.3 is 0 Å². The number of hydrogen-bond donors (Lipinski definition) is 3. The minimum Gasteiger partial charge on any atom is -0.387 e. The van der Waals surface area contributed by atoms with Crippen LogP contribution in [0.5, 0.6) is 0 Å². The second-order valence-electron chi connectivity index (χ2n) is 10.3. The monoisotopic (exact) mass is 509 g/mol. The topological polar surface area (TPSA) is 116 Å². The molecule has 196 valence electrons. The number of aliphatic hydroxyl groups excluding tert-OH is 1. The summed E-state index contributed by atoms with van der Waals surface area (Å²) in [5, 5.41) is 24.5. The molecule has 38 heavy (non-hydrogen) atoms. The molecule has 5 aromatic rings. The van der Waals surface area contributed by atoms with E-state index in [2.05, 4.69) is 72.8 Å². The number of aryl methyl sites for hydroxylation is 4. The van der Waals surface area contributed by atoms with Crippen molar-refractivity contribution in [2.75, 3.05) is 0 Å². The standard InChI is InChI=1S/C17H16N4.C13H19N3O/c1-2-6-13-11-14(10-9-12(13)5-1)15-7-3-4-8-16(15)17-18-20-21-19-17;1-5-10-15-11-8(4)6-9(12(17)7(2)3)14-13(11)16-10/h3-4,7-11H,1-2,5-6H2,(H,18,19,20,21);6-7,12,17H,5H2,1-4H3,(H,14,15,16). The van der Waals surface area contributed by atoms with Crippen LogP contribution in [0, 0.1) is 12.8 Å². The molecule has 8 nitrogen and oxygen atoms in total. The number of aliphatic hydroxyl groups is 1. The van der Waals surface area contributed by atoms with Gasteiger partial charge in [-0.05, 0) is 77.6 Å². The Bertz CT molecular complexity index is 1520. The summed E-state index contributed by atoms with van der Waals surface area (Å²) >= 11 is 0. The van der Waals surface area contributed by atoms with E-state index >= 15 is 0 Å². The van der Waals surface area contributed by atoms with Gasteiger partial charge in [-0.1, -0.05) is 63.2 Å². The minimum atomic E-state index is -0.528. The number of imidazole rings is 1. The van der Waals surface area contributed by atoms with Crippen LogP contribution in [-0.4, -0.2) is 40.7 Å². The van der Waals surface area contributed by atoms with Gasteiger partial charge in [-0.3, -0.25) is 0 Å². The molecule has 1 aliphatic carbocycles. The summed E-state index contributed by atoms with van der Waals surface area (Å²) in [6, 6.07) is 17.0. The van der Waals surface area contributed by atoms with Gasteiger partial charge in [0.1, 0.15) is 5.82 Å². The van der Waals surface area contributed by atoms with Crippen LogP contribution in [0.3, 0.4) is 0 Å². The third kappa shape index (κ3) is 5.36. The molecule has 3 heterocycles. The maximum Gasteiger partial charge on any atom is 0.205 e. The molecule has 1 unspecified atom stereocenters. The SMILES string of the molecule is CCc1nc2nc(C(O)C(C)C)cc(C)c2[nH]1.c1ccc(-c2nn[nH]n2)c(-c2ccc3c(c2)CCCC3)c1. The maximum atomic E-state index is 10.0. The number of pyridine rings is 1. The molecule has 1 aliphatic rings. The first-order chi connectivity index (χ1) is 18.4. The van der Waals surface area contributed by atoms with E-state index in [9.17, 15) is 5.11 Å². The largest absolute Gasteiger partial charge is 0.387 e. The summed E-state index contributed by atoms with van der Waals surface area (Å²) in [4.78, 5) is 12.1. The number of fused-ring (bicyclic) bond motifs is 2. The van der Waals surface area contributed by atoms with E-state index in [1.54, 1.807) is 0 Å². The average Bonchev–Trinajstić information content (AvgIpc) is 3.63. The predicted molar refractivity (Wildman–Crippen MR) is 149 cm³/mol. The Labute approximate surface area is 223 Å². The Morgan fingerprint density at radius 1 is 0.947 bits per heavy atom. The second-order valence-corrected chi connectivity index (χ2v) is 10.3. The van der Waals surface area contributed by atoms with Crippen molar-refractivity contribution in [2.45, 2.75) is 65.9 Å². The molecule has 8 heteroatoms. The van der Waals surface area contributed by atoms with Crippen molar-refractivity contribution in [1.82, 2.24) is 35.6 Å². The fourth-order valence-corrected chi connectivity index (χ4v) is 4.98. The average molecular weight is 510 g/mol. The molecule has 0 saturated carbocycles. The van der Waals surface area contributed by atoms with Crippen LogP contribution in [0.4, 0.5) is 0 Å². The van der Waals surface area contributed by atoms with Crippen molar-refractivity contribution in [3.8, 4) is 22.5 Å². The first kappa shape index (κ1) is 25.7. The van der Waals surface area contributed by atoms with Crippen molar-refractivity contribution in [3.63, 3.8) is 0 Å². The van der Waals surface area contributed by atoms with Gasteiger partial charge in [0.25, 0.3) is 0 Å². The highest BCUT2D eigenvalue weighted by Gasteiger charge is 2.17. The van der Waals surface area contributed by atoms with Gasteiger partial charge < -0.3 is 10.1 Å². The van der Waals surface area contributed by atoms with Crippen molar-refractivity contribution in [2.24, 2.45) is 5.92 Å². The molecule has 3 aromatic heterocycles. The minimum absolute atomic E-state index is 0.156.